The molecule has 0 radical (unpaired) electrons. The Morgan fingerprint density at radius 3 is 2.79 bits per heavy atom. The van der Waals surface area contributed by atoms with Crippen LogP contribution in [0.3, 0.4) is 0 Å². The first-order valence-corrected chi connectivity index (χ1v) is 8.91. The number of morpholine rings is 1. The molecule has 1 saturated heterocycles. The molecule has 3 aliphatic rings. The normalized spacial score (nSPS) is 23.7. The lowest BCUT2D eigenvalue weighted by Gasteiger charge is -2.32. The molecule has 24 heavy (non-hydrogen) atoms. The zero-order valence-electron chi connectivity index (χ0n) is 13.9. The minimum absolute atomic E-state index is 0.0211. The molecule has 1 aromatic heterocycles. The topological polar surface area (TPSA) is 76.5 Å². The van der Waals surface area contributed by atoms with Crippen LogP contribution in [0.1, 0.15) is 35.4 Å². The maximum absolute atomic E-state index is 12.6. The third-order valence-corrected chi connectivity index (χ3v) is 5.23. The Morgan fingerprint density at radius 2 is 2.04 bits per heavy atom. The Morgan fingerprint density at radius 1 is 1.25 bits per heavy atom. The molecule has 0 aromatic carbocycles. The van der Waals surface area contributed by atoms with E-state index in [-0.39, 0.29) is 17.7 Å². The number of fused-ring (bicyclic) bond motifs is 1. The molecule has 7 nitrogen and oxygen atoms in total. The van der Waals surface area contributed by atoms with Crippen molar-refractivity contribution < 1.29 is 14.3 Å². The summed E-state index contributed by atoms with van der Waals surface area (Å²) in [6.07, 6.45) is 5.65. The van der Waals surface area contributed by atoms with Crippen molar-refractivity contribution in [3.63, 3.8) is 0 Å². The van der Waals surface area contributed by atoms with E-state index in [2.05, 4.69) is 10.3 Å². The molecule has 1 N–H and O–H groups in total. The molecule has 2 aliphatic heterocycles. The highest BCUT2D eigenvalue weighted by molar-refractivity contribution is 5.93. The molecule has 2 fully saturated rings. The van der Waals surface area contributed by atoms with Crippen LogP contribution in [0.25, 0.3) is 0 Å². The molecule has 3 heterocycles. The van der Waals surface area contributed by atoms with Gasteiger partial charge in [0.05, 0.1) is 31.2 Å². The van der Waals surface area contributed by atoms with Gasteiger partial charge in [0.15, 0.2) is 0 Å². The van der Waals surface area contributed by atoms with Crippen molar-refractivity contribution in [2.24, 2.45) is 11.8 Å². The number of hydrogen-bond donors (Lipinski definition) is 1. The van der Waals surface area contributed by atoms with Gasteiger partial charge in [-0.25, -0.2) is 4.98 Å². The van der Waals surface area contributed by atoms with Gasteiger partial charge >= 0.3 is 0 Å². The number of imidazole rings is 1. The van der Waals surface area contributed by atoms with E-state index < -0.39 is 0 Å². The van der Waals surface area contributed by atoms with Crippen LogP contribution in [0.4, 0.5) is 0 Å². The van der Waals surface area contributed by atoms with Crippen LogP contribution in [0, 0.1) is 11.8 Å². The van der Waals surface area contributed by atoms with Crippen LogP contribution in [-0.4, -0.2) is 59.1 Å². The minimum atomic E-state index is -0.0754. The standard InChI is InChI=1S/C17H24N4O3/c22-16(18-9-12-1-2-12)15-14-4-3-13(10-21(14)11-19-15)17(23)20-5-7-24-8-6-20/h11-13H,1-10H2,(H,18,22). The van der Waals surface area contributed by atoms with Crippen molar-refractivity contribution in [2.75, 3.05) is 32.8 Å². The summed E-state index contributed by atoms with van der Waals surface area (Å²) in [5.74, 6) is 0.765. The lowest BCUT2D eigenvalue weighted by Crippen LogP contribution is -2.45. The average molecular weight is 332 g/mol. The van der Waals surface area contributed by atoms with E-state index in [4.69, 9.17) is 4.74 Å². The van der Waals surface area contributed by atoms with Gasteiger partial charge in [-0.15, -0.1) is 0 Å². The molecule has 1 aliphatic carbocycles. The molecule has 130 valence electrons. The third-order valence-electron chi connectivity index (χ3n) is 5.23. The van der Waals surface area contributed by atoms with Gasteiger partial charge in [-0.05, 0) is 31.6 Å². The largest absolute Gasteiger partial charge is 0.378 e. The van der Waals surface area contributed by atoms with Gasteiger partial charge in [-0.1, -0.05) is 0 Å². The van der Waals surface area contributed by atoms with E-state index in [0.29, 0.717) is 44.5 Å². The second kappa shape index (κ2) is 6.55. The second-order valence-corrected chi connectivity index (χ2v) is 7.02. The minimum Gasteiger partial charge on any atom is -0.378 e. The summed E-state index contributed by atoms with van der Waals surface area (Å²) in [4.78, 5) is 31.2. The maximum Gasteiger partial charge on any atom is 0.271 e. The fourth-order valence-corrected chi connectivity index (χ4v) is 3.54. The van der Waals surface area contributed by atoms with Crippen molar-refractivity contribution in [3.05, 3.63) is 17.7 Å². The maximum atomic E-state index is 12.6. The van der Waals surface area contributed by atoms with Crippen molar-refractivity contribution >= 4 is 11.8 Å². The first kappa shape index (κ1) is 15.6. The van der Waals surface area contributed by atoms with Crippen LogP contribution >= 0.6 is 0 Å². The van der Waals surface area contributed by atoms with Gasteiger partial charge in [0, 0.05) is 26.2 Å². The van der Waals surface area contributed by atoms with Crippen molar-refractivity contribution in [1.82, 2.24) is 19.8 Å². The van der Waals surface area contributed by atoms with E-state index in [1.807, 2.05) is 9.47 Å². The number of nitrogens with one attached hydrogen (secondary N) is 1. The Bertz CT molecular complexity index is 632. The lowest BCUT2D eigenvalue weighted by atomic mass is 9.95. The first-order chi connectivity index (χ1) is 11.7. The predicted octanol–water partition coefficient (Wildman–Crippen LogP) is 0.444. The molecular weight excluding hydrogens is 308 g/mol. The van der Waals surface area contributed by atoms with Gasteiger partial charge in [0.1, 0.15) is 5.69 Å². The summed E-state index contributed by atoms with van der Waals surface area (Å²) >= 11 is 0. The fraction of sp³-hybridized carbons (Fsp3) is 0.706. The number of hydrogen-bond acceptors (Lipinski definition) is 4. The van der Waals surface area contributed by atoms with E-state index in [9.17, 15) is 9.59 Å². The fourth-order valence-electron chi connectivity index (χ4n) is 3.54. The summed E-state index contributed by atoms with van der Waals surface area (Å²) < 4.78 is 7.30. The van der Waals surface area contributed by atoms with Crippen LogP contribution < -0.4 is 5.32 Å². The third kappa shape index (κ3) is 3.17. The number of carbonyl (C=O) groups is 2. The zero-order chi connectivity index (χ0) is 16.5. The van der Waals surface area contributed by atoms with Crippen molar-refractivity contribution in [2.45, 2.75) is 32.2 Å². The van der Waals surface area contributed by atoms with Gasteiger partial charge in [0.25, 0.3) is 5.91 Å². The molecule has 1 aromatic rings. The molecule has 7 heteroatoms. The Balaban J connectivity index is 1.40. The van der Waals surface area contributed by atoms with Gasteiger partial charge in [-0.2, -0.15) is 0 Å². The molecule has 2 amide bonds. The van der Waals surface area contributed by atoms with Crippen LogP contribution in [0.5, 0.6) is 0 Å². The number of carbonyl (C=O) groups excluding carboxylic acids is 2. The summed E-state index contributed by atoms with van der Waals surface area (Å²) in [5, 5.41) is 2.98. The molecule has 0 spiro atoms. The van der Waals surface area contributed by atoms with Gasteiger partial charge in [-0.3, -0.25) is 9.59 Å². The summed E-state index contributed by atoms with van der Waals surface area (Å²) in [6, 6.07) is 0. The molecule has 1 saturated carbocycles. The van der Waals surface area contributed by atoms with E-state index in [1.165, 1.54) is 12.8 Å². The highest BCUT2D eigenvalue weighted by atomic mass is 16.5. The number of aromatic nitrogens is 2. The van der Waals surface area contributed by atoms with Crippen LogP contribution in [-0.2, 0) is 22.5 Å². The number of nitrogens with zero attached hydrogens (tertiary/aromatic N) is 3. The Kier molecular flexibility index (Phi) is 4.26. The summed E-state index contributed by atoms with van der Waals surface area (Å²) in [5.41, 5.74) is 1.50. The Labute approximate surface area is 141 Å². The highest BCUT2D eigenvalue weighted by Gasteiger charge is 2.32. The SMILES string of the molecule is O=C(NCC1CC1)c1ncn2c1CCC(C(=O)N1CCOCC1)C2. The second-order valence-electron chi connectivity index (χ2n) is 7.02. The van der Waals surface area contributed by atoms with Gasteiger partial charge in [0.2, 0.25) is 5.91 Å². The molecule has 1 atom stereocenters. The number of rotatable bonds is 4. The summed E-state index contributed by atoms with van der Waals surface area (Å²) in [6.45, 7) is 3.99. The molecule has 0 bridgehead atoms. The zero-order valence-corrected chi connectivity index (χ0v) is 13.9. The molecule has 4 rings (SSSR count). The molecular formula is C17H24N4O3. The number of ether oxygens (including phenoxy) is 1. The van der Waals surface area contributed by atoms with E-state index >= 15 is 0 Å². The van der Waals surface area contributed by atoms with Crippen LogP contribution in [0.15, 0.2) is 6.33 Å². The van der Waals surface area contributed by atoms with Crippen LogP contribution in [0.2, 0.25) is 0 Å². The van der Waals surface area contributed by atoms with Crippen molar-refractivity contribution in [1.29, 1.82) is 0 Å². The number of amides is 2. The lowest BCUT2D eigenvalue weighted by molar-refractivity contribution is -0.140. The van der Waals surface area contributed by atoms with E-state index in [0.717, 1.165) is 25.1 Å². The van der Waals surface area contributed by atoms with E-state index in [1.54, 1.807) is 6.33 Å². The predicted molar refractivity (Wildman–Crippen MR) is 86.5 cm³/mol. The monoisotopic (exact) mass is 332 g/mol. The highest BCUT2D eigenvalue weighted by Crippen LogP contribution is 2.28. The smallest absolute Gasteiger partial charge is 0.271 e. The quantitative estimate of drug-likeness (QED) is 0.868. The average Bonchev–Trinajstić information content (AvgIpc) is 3.36. The van der Waals surface area contributed by atoms with Crippen molar-refractivity contribution in [3.8, 4) is 0 Å². The Hall–Kier alpha value is -1.89. The summed E-state index contributed by atoms with van der Waals surface area (Å²) in [7, 11) is 0. The molecule has 1 unspecified atom stereocenters. The first-order valence-electron chi connectivity index (χ1n) is 8.91. The van der Waals surface area contributed by atoms with Gasteiger partial charge < -0.3 is 19.5 Å².